The molecule has 2 aromatic carbocycles. The van der Waals surface area contributed by atoms with Crippen LogP contribution in [0.25, 0.3) is 10.2 Å². The van der Waals surface area contributed by atoms with Gasteiger partial charge in [-0.25, -0.2) is 4.98 Å². The van der Waals surface area contributed by atoms with Gasteiger partial charge in [-0.05, 0) is 54.7 Å². The number of alkyl halides is 3. The summed E-state index contributed by atoms with van der Waals surface area (Å²) in [4.78, 5) is 16.9. The van der Waals surface area contributed by atoms with Gasteiger partial charge in [0.05, 0.1) is 22.7 Å². The van der Waals surface area contributed by atoms with E-state index >= 15 is 0 Å². The molecule has 8 heteroatoms. The summed E-state index contributed by atoms with van der Waals surface area (Å²) >= 11 is 1.38. The summed E-state index contributed by atoms with van der Waals surface area (Å²) < 4.78 is 39.2. The molecule has 0 spiro atoms. The van der Waals surface area contributed by atoms with E-state index in [1.54, 1.807) is 37.3 Å². The molecule has 146 valence electrons. The maximum absolute atomic E-state index is 12.8. The molecule has 2 atom stereocenters. The van der Waals surface area contributed by atoms with Crippen molar-refractivity contribution in [2.75, 3.05) is 5.32 Å². The first-order chi connectivity index (χ1) is 13.3. The summed E-state index contributed by atoms with van der Waals surface area (Å²) in [6, 6.07) is 10.2. The van der Waals surface area contributed by atoms with Crippen LogP contribution in [0.15, 0.2) is 36.4 Å². The van der Waals surface area contributed by atoms with Gasteiger partial charge in [0.25, 0.3) is 5.91 Å². The second-order valence-corrected chi connectivity index (χ2v) is 8.08. The molecule has 3 aromatic rings. The first-order valence-electron chi connectivity index (χ1n) is 8.75. The number of amides is 1. The molecule has 0 radical (unpaired) electrons. The fourth-order valence-corrected chi connectivity index (χ4v) is 4.22. The van der Waals surface area contributed by atoms with Gasteiger partial charge >= 0.3 is 6.18 Å². The average Bonchev–Trinajstić information content (AvgIpc) is 3.35. The van der Waals surface area contributed by atoms with Crippen LogP contribution < -0.4 is 5.32 Å². The first kappa shape index (κ1) is 18.9. The van der Waals surface area contributed by atoms with Gasteiger partial charge in [0.1, 0.15) is 5.01 Å². The van der Waals surface area contributed by atoms with Crippen LogP contribution in [0.4, 0.5) is 18.9 Å². The SMILES string of the molecule is Cc1cc(C2CC2C(F)(F)F)ccc1C(=O)Nc1ccc2sc(CO)nc2c1. The largest absolute Gasteiger partial charge is 0.392 e. The summed E-state index contributed by atoms with van der Waals surface area (Å²) in [6.45, 7) is 1.59. The van der Waals surface area contributed by atoms with Crippen LogP contribution in [0.1, 0.15) is 38.8 Å². The quantitative estimate of drug-likeness (QED) is 0.640. The standard InChI is InChI=1S/C20H17F3N2O2S/c1-10-6-11(14-8-15(14)20(21,22)23)2-4-13(10)19(27)24-12-3-5-17-16(7-12)25-18(9-26)28-17/h2-7,14-15,26H,8-9H2,1H3,(H,24,27). The molecule has 0 saturated heterocycles. The number of nitrogens with one attached hydrogen (secondary N) is 1. The molecule has 0 aliphatic heterocycles. The molecule has 1 aliphatic carbocycles. The molecule has 1 aliphatic rings. The van der Waals surface area contributed by atoms with Gasteiger partial charge < -0.3 is 10.4 Å². The predicted molar refractivity (Wildman–Crippen MR) is 102 cm³/mol. The van der Waals surface area contributed by atoms with Crippen molar-refractivity contribution in [3.63, 3.8) is 0 Å². The van der Waals surface area contributed by atoms with E-state index in [1.807, 2.05) is 6.07 Å². The zero-order valence-corrected chi connectivity index (χ0v) is 15.7. The van der Waals surface area contributed by atoms with Crippen molar-refractivity contribution in [1.29, 1.82) is 0 Å². The number of carbonyl (C=O) groups excluding carboxylic acids is 1. The van der Waals surface area contributed by atoms with Gasteiger partial charge in [-0.1, -0.05) is 12.1 Å². The number of aryl methyl sites for hydroxylation is 1. The van der Waals surface area contributed by atoms with Crippen molar-refractivity contribution in [2.24, 2.45) is 5.92 Å². The maximum atomic E-state index is 12.8. The second kappa shape index (κ2) is 6.86. The number of aliphatic hydroxyl groups is 1. The molecule has 1 aromatic heterocycles. The Bertz CT molecular complexity index is 1060. The first-order valence-corrected chi connectivity index (χ1v) is 9.57. The minimum absolute atomic E-state index is 0.109. The number of fused-ring (bicyclic) bond motifs is 1. The molecule has 1 saturated carbocycles. The fourth-order valence-electron chi connectivity index (χ4n) is 3.42. The van der Waals surface area contributed by atoms with E-state index < -0.39 is 18.0 Å². The number of nitrogens with zero attached hydrogens (tertiary/aromatic N) is 1. The normalized spacial score (nSPS) is 19.0. The predicted octanol–water partition coefficient (Wildman–Crippen LogP) is 5.02. The molecule has 0 bridgehead atoms. The van der Waals surface area contributed by atoms with E-state index in [9.17, 15) is 23.1 Å². The Morgan fingerprint density at radius 1 is 1.29 bits per heavy atom. The highest BCUT2D eigenvalue weighted by molar-refractivity contribution is 7.18. The van der Waals surface area contributed by atoms with Gasteiger partial charge in [0.2, 0.25) is 0 Å². The van der Waals surface area contributed by atoms with Crippen LogP contribution in [-0.2, 0) is 6.61 Å². The average molecular weight is 406 g/mol. The molecule has 28 heavy (non-hydrogen) atoms. The van der Waals surface area contributed by atoms with Crippen LogP contribution >= 0.6 is 11.3 Å². The topological polar surface area (TPSA) is 62.2 Å². The van der Waals surface area contributed by atoms with Crippen molar-refractivity contribution in [3.05, 3.63) is 58.1 Å². The molecule has 1 heterocycles. The lowest BCUT2D eigenvalue weighted by atomic mass is 10.0. The van der Waals surface area contributed by atoms with Crippen LogP contribution in [0.3, 0.4) is 0 Å². The van der Waals surface area contributed by atoms with Gasteiger partial charge in [0, 0.05) is 11.3 Å². The minimum Gasteiger partial charge on any atom is -0.389 e. The zero-order valence-electron chi connectivity index (χ0n) is 14.9. The number of anilines is 1. The Morgan fingerprint density at radius 2 is 2.07 bits per heavy atom. The van der Waals surface area contributed by atoms with E-state index in [1.165, 1.54) is 11.3 Å². The highest BCUT2D eigenvalue weighted by atomic mass is 32.1. The number of aliphatic hydroxyl groups excluding tert-OH is 1. The van der Waals surface area contributed by atoms with Crippen LogP contribution in [0.2, 0.25) is 0 Å². The van der Waals surface area contributed by atoms with Gasteiger partial charge in [0.15, 0.2) is 0 Å². The molecule has 1 fully saturated rings. The van der Waals surface area contributed by atoms with E-state index in [-0.39, 0.29) is 18.9 Å². The van der Waals surface area contributed by atoms with Crippen molar-refractivity contribution in [2.45, 2.75) is 32.0 Å². The van der Waals surface area contributed by atoms with E-state index in [2.05, 4.69) is 10.3 Å². The third-order valence-corrected chi connectivity index (χ3v) is 5.98. The van der Waals surface area contributed by atoms with Crippen molar-refractivity contribution >= 4 is 33.1 Å². The van der Waals surface area contributed by atoms with Crippen LogP contribution in [0.5, 0.6) is 0 Å². The lowest BCUT2D eigenvalue weighted by Gasteiger charge is -2.10. The van der Waals surface area contributed by atoms with Gasteiger partial charge in [-0.3, -0.25) is 4.79 Å². The Balaban J connectivity index is 1.50. The Labute approximate surface area is 163 Å². The highest BCUT2D eigenvalue weighted by Crippen LogP contribution is 2.56. The number of thiazole rings is 1. The second-order valence-electron chi connectivity index (χ2n) is 6.97. The third kappa shape index (κ3) is 3.62. The van der Waals surface area contributed by atoms with E-state index in [0.29, 0.717) is 32.9 Å². The van der Waals surface area contributed by atoms with Gasteiger partial charge in [-0.2, -0.15) is 13.2 Å². The molecule has 2 N–H and O–H groups in total. The lowest BCUT2D eigenvalue weighted by molar-refractivity contribution is -0.148. The molecule has 1 amide bonds. The zero-order chi connectivity index (χ0) is 20.1. The molecular formula is C20H17F3N2O2S. The molecule has 4 nitrogen and oxygen atoms in total. The van der Waals surface area contributed by atoms with Crippen molar-refractivity contribution < 1.29 is 23.1 Å². The van der Waals surface area contributed by atoms with Crippen LogP contribution in [0, 0.1) is 12.8 Å². The summed E-state index contributed by atoms with van der Waals surface area (Å²) in [7, 11) is 0. The third-order valence-electron chi connectivity index (χ3n) is 4.96. The number of halogens is 3. The maximum Gasteiger partial charge on any atom is 0.392 e. The van der Waals surface area contributed by atoms with Crippen molar-refractivity contribution in [3.8, 4) is 0 Å². The number of benzene rings is 2. The number of hydrogen-bond acceptors (Lipinski definition) is 4. The Kier molecular flexibility index (Phi) is 4.63. The van der Waals surface area contributed by atoms with Crippen LogP contribution in [-0.4, -0.2) is 22.2 Å². The summed E-state index contributed by atoms with van der Waals surface area (Å²) in [5, 5.41) is 12.6. The van der Waals surface area contributed by atoms with Gasteiger partial charge in [-0.15, -0.1) is 11.3 Å². The molecule has 4 rings (SSSR count). The Hall–Kier alpha value is -2.45. The van der Waals surface area contributed by atoms with E-state index in [4.69, 9.17) is 0 Å². The smallest absolute Gasteiger partial charge is 0.389 e. The number of carbonyl (C=O) groups is 1. The van der Waals surface area contributed by atoms with E-state index in [0.717, 1.165) is 4.70 Å². The summed E-state index contributed by atoms with van der Waals surface area (Å²) in [6.07, 6.45) is -4.06. The minimum atomic E-state index is -4.17. The monoisotopic (exact) mass is 406 g/mol. The number of aromatic nitrogens is 1. The van der Waals surface area contributed by atoms with Crippen molar-refractivity contribution in [1.82, 2.24) is 4.98 Å². The summed E-state index contributed by atoms with van der Waals surface area (Å²) in [5.41, 5.74) is 2.93. The number of rotatable bonds is 4. The lowest BCUT2D eigenvalue weighted by Crippen LogP contribution is -2.14. The highest BCUT2D eigenvalue weighted by Gasteiger charge is 2.56. The molecular weight excluding hydrogens is 389 g/mol. The Morgan fingerprint density at radius 3 is 2.71 bits per heavy atom. The number of hydrogen-bond donors (Lipinski definition) is 2. The fraction of sp³-hybridized carbons (Fsp3) is 0.300. The molecule has 2 unspecified atom stereocenters. The summed E-state index contributed by atoms with van der Waals surface area (Å²) in [5.74, 6) is -2.12.